The smallest absolute Gasteiger partial charge is 0.354 e. The molecule has 0 atom stereocenters. The summed E-state index contributed by atoms with van der Waals surface area (Å²) < 4.78 is 5.72. The van der Waals surface area contributed by atoms with E-state index in [-0.39, 0.29) is 11.4 Å². The highest BCUT2D eigenvalue weighted by molar-refractivity contribution is 5.94. The predicted molar refractivity (Wildman–Crippen MR) is 99.6 cm³/mol. The summed E-state index contributed by atoms with van der Waals surface area (Å²) in [5.74, 6) is -0.858. The Bertz CT molecular complexity index is 924. The quantitative estimate of drug-likeness (QED) is 0.673. The van der Waals surface area contributed by atoms with E-state index in [0.29, 0.717) is 13.2 Å². The molecule has 1 amide bonds. The number of benzene rings is 2. The third-order valence-corrected chi connectivity index (χ3v) is 3.83. The summed E-state index contributed by atoms with van der Waals surface area (Å²) in [5.41, 5.74) is 1.88. The lowest BCUT2D eigenvalue weighted by Crippen LogP contribution is -2.24. The van der Waals surface area contributed by atoms with Gasteiger partial charge in [0.05, 0.1) is 0 Å². The van der Waals surface area contributed by atoms with Gasteiger partial charge in [-0.05, 0) is 35.4 Å². The fourth-order valence-electron chi connectivity index (χ4n) is 2.40. The summed E-state index contributed by atoms with van der Waals surface area (Å²) in [4.78, 5) is 26.9. The maximum absolute atomic E-state index is 12.1. The highest BCUT2D eigenvalue weighted by Gasteiger charge is 2.11. The molecule has 0 saturated heterocycles. The summed E-state index contributed by atoms with van der Waals surface area (Å²) in [7, 11) is 0. The van der Waals surface area contributed by atoms with Crippen LogP contribution in [0.4, 0.5) is 0 Å². The van der Waals surface area contributed by atoms with E-state index in [4.69, 9.17) is 9.84 Å². The Morgan fingerprint density at radius 3 is 2.26 bits per heavy atom. The lowest BCUT2D eigenvalue weighted by molar-refractivity contribution is 0.0690. The highest BCUT2D eigenvalue weighted by Crippen LogP contribution is 2.14. The van der Waals surface area contributed by atoms with Crippen LogP contribution >= 0.6 is 0 Å². The zero-order valence-electron chi connectivity index (χ0n) is 14.5. The monoisotopic (exact) mass is 362 g/mol. The van der Waals surface area contributed by atoms with Crippen molar-refractivity contribution in [3.63, 3.8) is 0 Å². The number of carbonyl (C=O) groups excluding carboxylic acids is 1. The molecular formula is C21H18N2O4. The number of nitrogens with one attached hydrogen (secondary N) is 1. The first-order chi connectivity index (χ1) is 13.1. The van der Waals surface area contributed by atoms with Crippen molar-refractivity contribution in [1.82, 2.24) is 10.3 Å². The molecule has 0 aliphatic rings. The first kappa shape index (κ1) is 18.1. The van der Waals surface area contributed by atoms with Crippen LogP contribution in [0.2, 0.25) is 0 Å². The second-order valence-electron chi connectivity index (χ2n) is 5.81. The van der Waals surface area contributed by atoms with Crippen molar-refractivity contribution in [3.05, 3.63) is 95.3 Å². The molecule has 136 valence electrons. The van der Waals surface area contributed by atoms with E-state index in [9.17, 15) is 9.59 Å². The van der Waals surface area contributed by atoms with Crippen LogP contribution in [0.25, 0.3) is 0 Å². The molecule has 3 aromatic rings. The molecule has 1 heterocycles. The van der Waals surface area contributed by atoms with Crippen molar-refractivity contribution in [2.75, 3.05) is 0 Å². The number of carboxylic acid groups (broad SMARTS) is 1. The number of carboxylic acids is 1. The maximum atomic E-state index is 12.1. The van der Waals surface area contributed by atoms with Crippen molar-refractivity contribution in [1.29, 1.82) is 0 Å². The van der Waals surface area contributed by atoms with Gasteiger partial charge in [0.15, 0.2) is 0 Å². The van der Waals surface area contributed by atoms with Gasteiger partial charge in [-0.15, -0.1) is 0 Å². The topological polar surface area (TPSA) is 88.5 Å². The van der Waals surface area contributed by atoms with E-state index >= 15 is 0 Å². The van der Waals surface area contributed by atoms with Gasteiger partial charge in [0.2, 0.25) is 0 Å². The van der Waals surface area contributed by atoms with Crippen LogP contribution in [0, 0.1) is 0 Å². The average molecular weight is 362 g/mol. The summed E-state index contributed by atoms with van der Waals surface area (Å²) in [6, 6.07) is 21.6. The molecule has 3 rings (SSSR count). The van der Waals surface area contributed by atoms with Crippen LogP contribution in [0.1, 0.15) is 32.1 Å². The molecule has 0 spiro atoms. The lowest BCUT2D eigenvalue weighted by atomic mass is 10.2. The molecule has 1 aromatic heterocycles. The molecular weight excluding hydrogens is 344 g/mol. The van der Waals surface area contributed by atoms with Gasteiger partial charge in [0.25, 0.3) is 5.91 Å². The van der Waals surface area contributed by atoms with Gasteiger partial charge >= 0.3 is 5.97 Å². The minimum atomic E-state index is -1.17. The fraction of sp³-hybridized carbons (Fsp3) is 0.0952. The second-order valence-corrected chi connectivity index (χ2v) is 5.81. The normalized spacial score (nSPS) is 10.2. The Morgan fingerprint density at radius 2 is 1.56 bits per heavy atom. The van der Waals surface area contributed by atoms with Crippen LogP contribution in [0.3, 0.4) is 0 Å². The molecule has 0 fully saturated rings. The first-order valence-corrected chi connectivity index (χ1v) is 8.36. The van der Waals surface area contributed by atoms with Crippen molar-refractivity contribution in [2.24, 2.45) is 0 Å². The summed E-state index contributed by atoms with van der Waals surface area (Å²) >= 11 is 0. The SMILES string of the molecule is O=C(O)c1cccc(C(=O)NCc2ccc(OCc3ccccc3)cc2)n1. The lowest BCUT2D eigenvalue weighted by Gasteiger charge is -2.08. The van der Waals surface area contributed by atoms with E-state index in [1.165, 1.54) is 18.2 Å². The Labute approximate surface area is 156 Å². The van der Waals surface area contributed by atoms with Crippen LogP contribution in [-0.4, -0.2) is 22.0 Å². The number of pyridine rings is 1. The molecule has 6 heteroatoms. The number of ether oxygens (including phenoxy) is 1. The molecule has 0 radical (unpaired) electrons. The van der Waals surface area contributed by atoms with Gasteiger partial charge in [-0.25, -0.2) is 9.78 Å². The van der Waals surface area contributed by atoms with Crippen molar-refractivity contribution < 1.29 is 19.4 Å². The third kappa shape index (κ3) is 5.15. The zero-order chi connectivity index (χ0) is 19.1. The molecule has 0 aliphatic carbocycles. The minimum absolute atomic E-state index is 0.0673. The maximum Gasteiger partial charge on any atom is 0.354 e. The van der Waals surface area contributed by atoms with Crippen LogP contribution in [-0.2, 0) is 13.2 Å². The van der Waals surface area contributed by atoms with E-state index in [1.54, 1.807) is 0 Å². The van der Waals surface area contributed by atoms with Gasteiger partial charge in [0, 0.05) is 6.54 Å². The molecule has 0 unspecified atom stereocenters. The number of nitrogens with zero attached hydrogens (tertiary/aromatic N) is 1. The Morgan fingerprint density at radius 1 is 0.852 bits per heavy atom. The number of hydrogen-bond acceptors (Lipinski definition) is 4. The summed E-state index contributed by atoms with van der Waals surface area (Å²) in [5, 5.41) is 11.7. The molecule has 0 saturated carbocycles. The fourth-order valence-corrected chi connectivity index (χ4v) is 2.40. The van der Waals surface area contributed by atoms with E-state index in [1.807, 2.05) is 54.6 Å². The molecule has 0 bridgehead atoms. The van der Waals surface area contributed by atoms with Crippen molar-refractivity contribution in [2.45, 2.75) is 13.2 Å². The Kier molecular flexibility index (Phi) is 5.79. The molecule has 0 aliphatic heterocycles. The van der Waals surface area contributed by atoms with Gasteiger partial charge in [-0.2, -0.15) is 0 Å². The third-order valence-electron chi connectivity index (χ3n) is 3.83. The largest absolute Gasteiger partial charge is 0.489 e. The number of carbonyl (C=O) groups is 2. The molecule has 6 nitrogen and oxygen atoms in total. The van der Waals surface area contributed by atoms with Crippen LogP contribution < -0.4 is 10.1 Å². The number of hydrogen-bond donors (Lipinski definition) is 2. The minimum Gasteiger partial charge on any atom is -0.489 e. The summed E-state index contributed by atoms with van der Waals surface area (Å²) in [6.45, 7) is 0.791. The van der Waals surface area contributed by atoms with Gasteiger partial charge in [0.1, 0.15) is 23.7 Å². The molecule has 2 N–H and O–H groups in total. The number of aromatic carboxylic acids is 1. The zero-order valence-corrected chi connectivity index (χ0v) is 14.5. The second kappa shape index (κ2) is 8.62. The highest BCUT2D eigenvalue weighted by atomic mass is 16.5. The van der Waals surface area contributed by atoms with Gasteiger partial charge in [-0.3, -0.25) is 4.79 Å². The van der Waals surface area contributed by atoms with Crippen molar-refractivity contribution >= 4 is 11.9 Å². The Balaban J connectivity index is 1.53. The van der Waals surface area contributed by atoms with E-state index in [2.05, 4.69) is 10.3 Å². The van der Waals surface area contributed by atoms with E-state index < -0.39 is 11.9 Å². The average Bonchev–Trinajstić information content (AvgIpc) is 2.72. The van der Waals surface area contributed by atoms with Gasteiger partial charge < -0.3 is 15.2 Å². The number of rotatable bonds is 7. The molecule has 27 heavy (non-hydrogen) atoms. The Hall–Kier alpha value is -3.67. The van der Waals surface area contributed by atoms with Crippen LogP contribution in [0.15, 0.2) is 72.8 Å². The first-order valence-electron chi connectivity index (χ1n) is 8.36. The number of amides is 1. The predicted octanol–water partition coefficient (Wildman–Crippen LogP) is 3.29. The van der Waals surface area contributed by atoms with Gasteiger partial charge in [-0.1, -0.05) is 48.5 Å². The van der Waals surface area contributed by atoms with Crippen LogP contribution in [0.5, 0.6) is 5.75 Å². The summed E-state index contributed by atoms with van der Waals surface area (Å²) in [6.07, 6.45) is 0. The molecule has 2 aromatic carbocycles. The number of aromatic nitrogens is 1. The van der Waals surface area contributed by atoms with Crippen molar-refractivity contribution in [3.8, 4) is 5.75 Å². The standard InChI is InChI=1S/C21H18N2O4/c24-20(18-7-4-8-19(23-18)21(25)26)22-13-15-9-11-17(12-10-15)27-14-16-5-2-1-3-6-16/h1-12H,13-14H2,(H,22,24)(H,25,26). The van der Waals surface area contributed by atoms with E-state index in [0.717, 1.165) is 16.9 Å².